The van der Waals surface area contributed by atoms with Gasteiger partial charge in [-0.05, 0) is 154 Å². The summed E-state index contributed by atoms with van der Waals surface area (Å²) in [5.74, 6) is 0. The van der Waals surface area contributed by atoms with E-state index < -0.39 is 0 Å². The van der Waals surface area contributed by atoms with Gasteiger partial charge in [0.05, 0.1) is 29.6 Å². The Kier molecular flexibility index (Phi) is 9.29. The smallest absolute Gasteiger partial charge is 0.187 e. The third kappa shape index (κ3) is 6.50. The lowest BCUT2D eigenvalue weighted by molar-refractivity contribution is 0.595. The fourth-order valence-corrected chi connectivity index (χ4v) is 8.66. The predicted molar refractivity (Wildman–Crippen MR) is 247 cm³/mol. The molecule has 0 aliphatic heterocycles. The zero-order valence-corrected chi connectivity index (χ0v) is 35.3. The Bertz CT molecular complexity index is 2760. The van der Waals surface area contributed by atoms with Crippen LogP contribution < -0.4 is 9.80 Å². The van der Waals surface area contributed by atoms with Crippen LogP contribution in [0.5, 0.6) is 0 Å². The van der Waals surface area contributed by atoms with Gasteiger partial charge in [-0.25, -0.2) is 4.85 Å². The fraction of sp³-hybridized carbons (Fsp3) is 0.222. The van der Waals surface area contributed by atoms with Crippen LogP contribution in [0.1, 0.15) is 80.5 Å². The third-order valence-electron chi connectivity index (χ3n) is 11.7. The number of hydrogen-bond donors (Lipinski definition) is 0. The van der Waals surface area contributed by atoms with E-state index in [-0.39, 0.29) is 10.8 Å². The maximum absolute atomic E-state index is 9.77. The van der Waals surface area contributed by atoms with E-state index in [1.165, 1.54) is 65.7 Å². The molecule has 0 spiro atoms. The van der Waals surface area contributed by atoms with Crippen molar-refractivity contribution in [3.63, 3.8) is 0 Å². The van der Waals surface area contributed by atoms with Crippen LogP contribution in [0.2, 0.25) is 0 Å². The Labute approximate surface area is 343 Å². The van der Waals surface area contributed by atoms with E-state index in [2.05, 4.69) is 187 Å². The molecule has 0 atom stereocenters. The molecule has 8 aromatic carbocycles. The molecule has 0 aliphatic rings. The van der Waals surface area contributed by atoms with Crippen molar-refractivity contribution in [1.29, 1.82) is 5.26 Å². The molecule has 0 amide bonds. The van der Waals surface area contributed by atoms with Gasteiger partial charge in [0.15, 0.2) is 5.69 Å². The summed E-state index contributed by atoms with van der Waals surface area (Å²) in [4.78, 5) is 8.53. The molecule has 0 aromatic heterocycles. The molecular formula is C54H50N4. The van der Waals surface area contributed by atoms with Crippen molar-refractivity contribution in [1.82, 2.24) is 0 Å². The van der Waals surface area contributed by atoms with Crippen molar-refractivity contribution < 1.29 is 0 Å². The minimum atomic E-state index is -0.180. The van der Waals surface area contributed by atoms with Crippen LogP contribution in [0.3, 0.4) is 0 Å². The van der Waals surface area contributed by atoms with Gasteiger partial charge in [0.1, 0.15) is 0 Å². The van der Waals surface area contributed by atoms with E-state index in [9.17, 15) is 5.26 Å². The van der Waals surface area contributed by atoms with Gasteiger partial charge >= 0.3 is 0 Å². The van der Waals surface area contributed by atoms with E-state index in [0.29, 0.717) is 11.3 Å². The molecule has 58 heavy (non-hydrogen) atoms. The summed E-state index contributed by atoms with van der Waals surface area (Å²) < 4.78 is 0. The standard InChI is InChI=1S/C54H50N4/c1-33-12-14-35(3)47(28-33)57(39-20-16-37(32-55)17-21-39)49-30-45(53(5,6)7)41-25-27-44-50(31-46(54(8,9)10)42-24-26-43(49)51(41)52(42)44)58(40-22-18-38(56-11)19-23-40)48-29-34(2)13-15-36(48)4/h12-31H,1-10H3. The highest BCUT2D eigenvalue weighted by Crippen LogP contribution is 2.52. The van der Waals surface area contributed by atoms with Crippen molar-refractivity contribution >= 4 is 72.1 Å². The zero-order valence-electron chi connectivity index (χ0n) is 35.3. The van der Waals surface area contributed by atoms with Gasteiger partial charge in [0, 0.05) is 33.5 Å². The Morgan fingerprint density at radius 2 is 0.879 bits per heavy atom. The van der Waals surface area contributed by atoms with Gasteiger partial charge in [-0.15, -0.1) is 0 Å². The molecule has 0 bridgehead atoms. The van der Waals surface area contributed by atoms with Gasteiger partial charge < -0.3 is 9.80 Å². The van der Waals surface area contributed by atoms with Gasteiger partial charge in [0.2, 0.25) is 0 Å². The van der Waals surface area contributed by atoms with E-state index in [1.54, 1.807) is 0 Å². The molecule has 8 rings (SSSR count). The number of benzene rings is 8. The highest BCUT2D eigenvalue weighted by atomic mass is 15.2. The van der Waals surface area contributed by atoms with Crippen molar-refractivity contribution in [2.24, 2.45) is 0 Å². The summed E-state index contributed by atoms with van der Waals surface area (Å²) in [5, 5.41) is 17.1. The summed E-state index contributed by atoms with van der Waals surface area (Å²) in [5.41, 5.74) is 14.6. The normalized spacial score (nSPS) is 11.9. The molecule has 0 N–H and O–H groups in total. The number of hydrogen-bond acceptors (Lipinski definition) is 3. The Balaban J connectivity index is 1.56. The molecule has 0 heterocycles. The van der Waals surface area contributed by atoms with E-state index in [4.69, 9.17) is 6.57 Å². The van der Waals surface area contributed by atoms with Crippen molar-refractivity contribution in [3.8, 4) is 6.07 Å². The van der Waals surface area contributed by atoms with Crippen molar-refractivity contribution in [3.05, 3.63) is 172 Å². The first-order valence-corrected chi connectivity index (χ1v) is 20.1. The van der Waals surface area contributed by atoms with Gasteiger partial charge in [-0.1, -0.05) is 102 Å². The van der Waals surface area contributed by atoms with Gasteiger partial charge in [0.25, 0.3) is 0 Å². The molecule has 4 heteroatoms. The molecule has 286 valence electrons. The second kappa shape index (κ2) is 14.1. The first kappa shape index (κ1) is 38.3. The minimum absolute atomic E-state index is 0.179. The third-order valence-corrected chi connectivity index (χ3v) is 11.7. The molecule has 0 fully saturated rings. The number of aryl methyl sites for hydroxylation is 4. The molecular weight excluding hydrogens is 705 g/mol. The SMILES string of the molecule is [C-]#[N+]c1ccc(N(c2cc(C)ccc2C)c2cc(C(C)(C)C)c3ccc4c(N(c5ccc(C#N)cc5)c5cc(C)ccc5C)cc(C(C)(C)C)c5ccc2c3c45)cc1. The highest BCUT2D eigenvalue weighted by Gasteiger charge is 2.30. The van der Waals surface area contributed by atoms with Crippen LogP contribution >= 0.6 is 0 Å². The number of anilines is 6. The Hall–Kier alpha value is -6.62. The second-order valence-corrected chi connectivity index (χ2v) is 18.0. The van der Waals surface area contributed by atoms with Gasteiger partial charge in [-0.2, -0.15) is 5.26 Å². The maximum atomic E-state index is 9.77. The maximum Gasteiger partial charge on any atom is 0.187 e. The van der Waals surface area contributed by atoms with Crippen LogP contribution in [0.15, 0.2) is 121 Å². The lowest BCUT2D eigenvalue weighted by Crippen LogP contribution is -2.18. The molecule has 8 aromatic rings. The summed E-state index contributed by atoms with van der Waals surface area (Å²) in [7, 11) is 0. The van der Waals surface area contributed by atoms with Crippen LogP contribution in [0, 0.1) is 45.6 Å². The quantitative estimate of drug-likeness (QED) is 0.125. The van der Waals surface area contributed by atoms with E-state index >= 15 is 0 Å². The van der Waals surface area contributed by atoms with Crippen LogP contribution in [0.25, 0.3) is 37.2 Å². The Morgan fingerprint density at radius 1 is 0.483 bits per heavy atom. The first-order chi connectivity index (χ1) is 27.6. The molecule has 4 nitrogen and oxygen atoms in total. The van der Waals surface area contributed by atoms with Crippen LogP contribution in [0.4, 0.5) is 39.8 Å². The van der Waals surface area contributed by atoms with Gasteiger partial charge in [-0.3, -0.25) is 0 Å². The Morgan fingerprint density at radius 3 is 1.26 bits per heavy atom. The molecule has 0 saturated heterocycles. The predicted octanol–water partition coefficient (Wildman–Crippen LogP) is 15.8. The lowest BCUT2D eigenvalue weighted by atomic mass is 9.77. The zero-order chi connectivity index (χ0) is 41.3. The van der Waals surface area contributed by atoms with Crippen molar-refractivity contribution in [2.75, 3.05) is 9.80 Å². The molecule has 0 aliphatic carbocycles. The van der Waals surface area contributed by atoms with E-state index in [0.717, 1.165) is 34.1 Å². The number of rotatable bonds is 6. The average Bonchev–Trinajstić information content (AvgIpc) is 3.19. The minimum Gasteiger partial charge on any atom is -0.310 e. The van der Waals surface area contributed by atoms with E-state index in [1.807, 2.05) is 24.3 Å². The summed E-state index contributed by atoms with van der Waals surface area (Å²) in [6, 6.07) is 45.8. The van der Waals surface area contributed by atoms with Crippen molar-refractivity contribution in [2.45, 2.75) is 80.1 Å². The van der Waals surface area contributed by atoms with Crippen LogP contribution in [-0.4, -0.2) is 0 Å². The highest BCUT2D eigenvalue weighted by molar-refractivity contribution is 6.29. The fourth-order valence-electron chi connectivity index (χ4n) is 8.66. The number of nitriles is 1. The number of nitrogens with zero attached hydrogens (tertiary/aromatic N) is 4. The monoisotopic (exact) mass is 754 g/mol. The molecule has 0 saturated carbocycles. The second-order valence-electron chi connectivity index (χ2n) is 18.0. The summed E-state index contributed by atoms with van der Waals surface area (Å²) in [6.07, 6.45) is 0. The first-order valence-electron chi connectivity index (χ1n) is 20.1. The summed E-state index contributed by atoms with van der Waals surface area (Å²) in [6.45, 7) is 30.2. The average molecular weight is 755 g/mol. The molecule has 0 radical (unpaired) electrons. The van der Waals surface area contributed by atoms with Crippen LogP contribution in [-0.2, 0) is 10.8 Å². The lowest BCUT2D eigenvalue weighted by Gasteiger charge is -2.34. The molecule has 0 unspecified atom stereocenters. The largest absolute Gasteiger partial charge is 0.310 e. The summed E-state index contributed by atoms with van der Waals surface area (Å²) >= 11 is 0. The topological polar surface area (TPSA) is 34.6 Å².